The summed E-state index contributed by atoms with van der Waals surface area (Å²) in [5.41, 5.74) is 0.509. The zero-order valence-electron chi connectivity index (χ0n) is 9.83. The number of hydrogen-bond acceptors (Lipinski definition) is 4. The molecule has 0 heterocycles. The number of sulfone groups is 1. The highest BCUT2D eigenvalue weighted by molar-refractivity contribution is 7.91. The first-order valence-electron chi connectivity index (χ1n) is 5.33. The molecular weight excluding hydrogens is 258 g/mol. The van der Waals surface area contributed by atoms with Gasteiger partial charge in [0.2, 0.25) is 0 Å². The third-order valence-corrected chi connectivity index (χ3v) is 4.25. The second-order valence-electron chi connectivity index (χ2n) is 3.66. The Kier molecular flexibility index (Phi) is 4.69. The Morgan fingerprint density at radius 1 is 1.33 bits per heavy atom. The van der Waals surface area contributed by atoms with E-state index in [0.717, 1.165) is 0 Å². The Bertz CT molecular complexity index is 509. The van der Waals surface area contributed by atoms with Crippen molar-refractivity contribution < 1.29 is 23.4 Å². The second-order valence-corrected chi connectivity index (χ2v) is 5.94. The first-order chi connectivity index (χ1) is 8.40. The molecule has 0 aliphatic rings. The molecule has 0 bridgehead atoms. The Labute approximate surface area is 105 Å². The molecule has 1 rings (SSSR count). The molecule has 0 aromatic heterocycles. The van der Waals surface area contributed by atoms with E-state index in [1.807, 2.05) is 0 Å². The topological polar surface area (TPSA) is 104 Å². The Morgan fingerprint density at radius 3 is 2.28 bits per heavy atom. The van der Waals surface area contributed by atoms with Crippen molar-refractivity contribution in [2.24, 2.45) is 0 Å². The molecule has 6 nitrogen and oxygen atoms in total. The maximum Gasteiger partial charge on any atom is 0.405 e. The van der Waals surface area contributed by atoms with E-state index in [0.29, 0.717) is 5.56 Å². The van der Waals surface area contributed by atoms with Crippen LogP contribution in [0.3, 0.4) is 0 Å². The van der Waals surface area contributed by atoms with E-state index < -0.39 is 28.6 Å². The van der Waals surface area contributed by atoms with Gasteiger partial charge in [-0.05, 0) is 17.7 Å². The average Bonchev–Trinajstić information content (AvgIpc) is 2.36. The van der Waals surface area contributed by atoms with E-state index in [1.165, 1.54) is 24.3 Å². The van der Waals surface area contributed by atoms with E-state index >= 15 is 0 Å². The molecule has 1 unspecified atom stereocenters. The zero-order valence-corrected chi connectivity index (χ0v) is 10.6. The van der Waals surface area contributed by atoms with Gasteiger partial charge in [-0.3, -0.25) is 0 Å². The summed E-state index contributed by atoms with van der Waals surface area (Å²) in [6.07, 6.45) is -1.25. The van der Waals surface area contributed by atoms with Crippen molar-refractivity contribution in [2.75, 3.05) is 12.4 Å². The summed E-state index contributed by atoms with van der Waals surface area (Å²) in [5, 5.41) is 19.8. The summed E-state index contributed by atoms with van der Waals surface area (Å²) < 4.78 is 23.1. The SMILES string of the molecule is CCS(=O)(=O)c1ccc(C(CO)NC(=O)O)cc1. The van der Waals surface area contributed by atoms with Crippen molar-refractivity contribution in [2.45, 2.75) is 17.9 Å². The van der Waals surface area contributed by atoms with Gasteiger partial charge in [0.1, 0.15) is 0 Å². The third-order valence-electron chi connectivity index (χ3n) is 2.50. The number of nitrogens with one attached hydrogen (secondary N) is 1. The quantitative estimate of drug-likeness (QED) is 0.735. The van der Waals surface area contributed by atoms with Gasteiger partial charge in [-0.1, -0.05) is 19.1 Å². The lowest BCUT2D eigenvalue weighted by molar-refractivity contribution is 0.177. The van der Waals surface area contributed by atoms with Crippen LogP contribution in [0.5, 0.6) is 0 Å². The molecule has 0 saturated heterocycles. The molecule has 0 fully saturated rings. The summed E-state index contributed by atoms with van der Waals surface area (Å²) in [5.74, 6) is 0.00313. The van der Waals surface area contributed by atoms with E-state index in [2.05, 4.69) is 5.32 Å². The van der Waals surface area contributed by atoms with Crippen LogP contribution in [-0.4, -0.2) is 37.1 Å². The van der Waals surface area contributed by atoms with Crippen molar-refractivity contribution in [1.82, 2.24) is 5.32 Å². The van der Waals surface area contributed by atoms with Crippen LogP contribution < -0.4 is 5.32 Å². The van der Waals surface area contributed by atoms with Gasteiger partial charge in [-0.25, -0.2) is 13.2 Å². The lowest BCUT2D eigenvalue weighted by Crippen LogP contribution is -2.29. The molecule has 0 saturated carbocycles. The Hall–Kier alpha value is -1.60. The molecule has 3 N–H and O–H groups in total. The number of aliphatic hydroxyl groups excluding tert-OH is 1. The fourth-order valence-corrected chi connectivity index (χ4v) is 2.34. The Balaban J connectivity index is 2.98. The van der Waals surface area contributed by atoms with Crippen LogP contribution in [0.15, 0.2) is 29.2 Å². The Morgan fingerprint density at radius 2 is 1.89 bits per heavy atom. The first kappa shape index (κ1) is 14.5. The maximum absolute atomic E-state index is 11.6. The molecule has 18 heavy (non-hydrogen) atoms. The standard InChI is InChI=1S/C11H15NO5S/c1-2-18(16,17)9-5-3-8(4-6-9)10(7-13)12-11(14)15/h3-6,10,12-13H,2,7H2,1H3,(H,14,15). The van der Waals surface area contributed by atoms with Crippen LogP contribution >= 0.6 is 0 Å². The van der Waals surface area contributed by atoms with Crippen molar-refractivity contribution in [3.63, 3.8) is 0 Å². The highest BCUT2D eigenvalue weighted by atomic mass is 32.2. The monoisotopic (exact) mass is 273 g/mol. The van der Waals surface area contributed by atoms with Gasteiger partial charge in [-0.15, -0.1) is 0 Å². The summed E-state index contributed by atoms with van der Waals surface area (Å²) in [7, 11) is -3.27. The minimum Gasteiger partial charge on any atom is -0.465 e. The lowest BCUT2D eigenvalue weighted by atomic mass is 10.1. The number of hydrogen-bond donors (Lipinski definition) is 3. The van der Waals surface area contributed by atoms with E-state index in [4.69, 9.17) is 10.2 Å². The number of rotatable bonds is 5. The summed E-state index contributed by atoms with van der Waals surface area (Å²) in [6, 6.07) is 5.01. The van der Waals surface area contributed by atoms with Gasteiger partial charge < -0.3 is 15.5 Å². The zero-order chi connectivity index (χ0) is 13.8. The number of amides is 1. The molecule has 1 aromatic carbocycles. The predicted molar refractivity (Wildman–Crippen MR) is 65.2 cm³/mol. The summed E-state index contributed by atoms with van der Waals surface area (Å²) in [4.78, 5) is 10.7. The largest absolute Gasteiger partial charge is 0.465 e. The van der Waals surface area contributed by atoms with Crippen molar-refractivity contribution >= 4 is 15.9 Å². The number of carbonyl (C=O) groups is 1. The van der Waals surface area contributed by atoms with Crippen LogP contribution in [0, 0.1) is 0 Å². The molecule has 1 amide bonds. The van der Waals surface area contributed by atoms with Gasteiger partial charge in [0, 0.05) is 0 Å². The van der Waals surface area contributed by atoms with Crippen LogP contribution in [0.4, 0.5) is 4.79 Å². The van der Waals surface area contributed by atoms with Crippen molar-refractivity contribution in [3.8, 4) is 0 Å². The molecule has 7 heteroatoms. The van der Waals surface area contributed by atoms with E-state index in [9.17, 15) is 13.2 Å². The molecule has 0 radical (unpaired) electrons. The highest BCUT2D eigenvalue weighted by Crippen LogP contribution is 2.17. The lowest BCUT2D eigenvalue weighted by Gasteiger charge is -2.14. The first-order valence-corrected chi connectivity index (χ1v) is 6.99. The molecule has 0 aliphatic heterocycles. The minimum absolute atomic E-state index is 0.00313. The fourth-order valence-electron chi connectivity index (χ4n) is 1.46. The normalized spacial score (nSPS) is 13.0. The highest BCUT2D eigenvalue weighted by Gasteiger charge is 2.15. The van der Waals surface area contributed by atoms with Crippen LogP contribution in [0.1, 0.15) is 18.5 Å². The average molecular weight is 273 g/mol. The van der Waals surface area contributed by atoms with E-state index in [-0.39, 0.29) is 10.6 Å². The van der Waals surface area contributed by atoms with Crippen molar-refractivity contribution in [1.29, 1.82) is 0 Å². The van der Waals surface area contributed by atoms with Gasteiger partial charge in [0.05, 0.1) is 23.3 Å². The fraction of sp³-hybridized carbons (Fsp3) is 0.364. The van der Waals surface area contributed by atoms with Gasteiger partial charge >= 0.3 is 6.09 Å². The maximum atomic E-state index is 11.6. The number of carboxylic acid groups (broad SMARTS) is 1. The van der Waals surface area contributed by atoms with Crippen LogP contribution in [0.25, 0.3) is 0 Å². The molecular formula is C11H15NO5S. The third kappa shape index (κ3) is 3.44. The predicted octanol–water partition coefficient (Wildman–Crippen LogP) is 0.781. The summed E-state index contributed by atoms with van der Waals surface area (Å²) >= 11 is 0. The number of benzene rings is 1. The van der Waals surface area contributed by atoms with Gasteiger partial charge in [-0.2, -0.15) is 0 Å². The van der Waals surface area contributed by atoms with Gasteiger partial charge in [0.15, 0.2) is 9.84 Å². The molecule has 1 aromatic rings. The molecule has 0 spiro atoms. The smallest absolute Gasteiger partial charge is 0.405 e. The second kappa shape index (κ2) is 5.83. The summed E-state index contributed by atoms with van der Waals surface area (Å²) in [6.45, 7) is 1.15. The number of aliphatic hydroxyl groups is 1. The molecule has 1 atom stereocenters. The van der Waals surface area contributed by atoms with Crippen LogP contribution in [-0.2, 0) is 9.84 Å². The van der Waals surface area contributed by atoms with E-state index in [1.54, 1.807) is 6.92 Å². The van der Waals surface area contributed by atoms with Gasteiger partial charge in [0.25, 0.3) is 0 Å². The molecule has 0 aliphatic carbocycles. The minimum atomic E-state index is -3.27. The van der Waals surface area contributed by atoms with Crippen molar-refractivity contribution in [3.05, 3.63) is 29.8 Å². The molecule has 100 valence electrons. The van der Waals surface area contributed by atoms with Crippen LogP contribution in [0.2, 0.25) is 0 Å².